The van der Waals surface area contributed by atoms with Crippen molar-refractivity contribution in [3.63, 3.8) is 0 Å². The van der Waals surface area contributed by atoms with Gasteiger partial charge >= 0.3 is 6.09 Å². The fraction of sp³-hybridized carbons (Fsp3) is 0.500. The molecule has 0 bridgehead atoms. The van der Waals surface area contributed by atoms with Crippen molar-refractivity contribution in [1.82, 2.24) is 4.90 Å². The summed E-state index contributed by atoms with van der Waals surface area (Å²) in [6, 6.07) is 8.11. The van der Waals surface area contributed by atoms with Crippen LogP contribution in [0.15, 0.2) is 24.3 Å². The van der Waals surface area contributed by atoms with E-state index in [4.69, 9.17) is 5.11 Å². The van der Waals surface area contributed by atoms with E-state index < -0.39 is 6.09 Å². The van der Waals surface area contributed by atoms with Gasteiger partial charge in [-0.1, -0.05) is 12.1 Å². The molecular weight excluding hydrogens is 247 g/mol. The molecule has 1 fully saturated rings. The number of nitrogens with zero attached hydrogens (tertiary/aromatic N) is 2. The predicted octanol–water partition coefficient (Wildman–Crippen LogP) is 2.39. The minimum absolute atomic E-state index is 0.279. The lowest BCUT2D eigenvalue weighted by Crippen LogP contribution is -2.48. The van der Waals surface area contributed by atoms with Crippen molar-refractivity contribution < 1.29 is 14.3 Å². The molecule has 1 amide bonds. The van der Waals surface area contributed by atoms with Crippen LogP contribution in [0.1, 0.15) is 12.0 Å². The Balaban J connectivity index is 1.90. The topological polar surface area (TPSA) is 43.8 Å². The van der Waals surface area contributed by atoms with Gasteiger partial charge in [0, 0.05) is 31.9 Å². The van der Waals surface area contributed by atoms with E-state index in [0.717, 1.165) is 30.8 Å². The van der Waals surface area contributed by atoms with Crippen molar-refractivity contribution in [2.24, 2.45) is 0 Å². The van der Waals surface area contributed by atoms with Crippen molar-refractivity contribution in [2.45, 2.75) is 12.8 Å². The highest BCUT2D eigenvalue weighted by Crippen LogP contribution is 2.18. The third-order valence-electron chi connectivity index (χ3n) is 3.45. The molecule has 0 radical (unpaired) electrons. The SMILES string of the molecule is O=C(O)N1CCN(c2ccc(CCCF)cc2)CC1. The Hall–Kier alpha value is -1.78. The van der Waals surface area contributed by atoms with E-state index in [2.05, 4.69) is 4.90 Å². The van der Waals surface area contributed by atoms with Crippen molar-refractivity contribution in [1.29, 1.82) is 0 Å². The largest absolute Gasteiger partial charge is 0.465 e. The first kappa shape index (κ1) is 13.6. The summed E-state index contributed by atoms with van der Waals surface area (Å²) in [5.41, 5.74) is 2.25. The average molecular weight is 266 g/mol. The molecule has 4 nitrogen and oxygen atoms in total. The quantitative estimate of drug-likeness (QED) is 0.910. The number of hydrogen-bond donors (Lipinski definition) is 1. The second-order valence-corrected chi connectivity index (χ2v) is 4.72. The van der Waals surface area contributed by atoms with Gasteiger partial charge in [-0.05, 0) is 30.5 Å². The first-order valence-corrected chi connectivity index (χ1v) is 6.58. The van der Waals surface area contributed by atoms with Gasteiger partial charge < -0.3 is 14.9 Å². The van der Waals surface area contributed by atoms with Crippen molar-refractivity contribution in [3.8, 4) is 0 Å². The third-order valence-corrected chi connectivity index (χ3v) is 3.45. The number of rotatable bonds is 4. The minimum atomic E-state index is -0.846. The number of aryl methyl sites for hydroxylation is 1. The fourth-order valence-electron chi connectivity index (χ4n) is 2.30. The third kappa shape index (κ3) is 3.59. The molecule has 1 aromatic rings. The molecule has 2 rings (SSSR count). The number of hydrogen-bond acceptors (Lipinski definition) is 2. The van der Waals surface area contributed by atoms with Gasteiger partial charge in [-0.15, -0.1) is 0 Å². The maximum atomic E-state index is 12.1. The van der Waals surface area contributed by atoms with Gasteiger partial charge in [-0.25, -0.2) is 4.79 Å². The van der Waals surface area contributed by atoms with Crippen LogP contribution in [-0.2, 0) is 6.42 Å². The molecule has 1 aliphatic heterocycles. The molecule has 0 atom stereocenters. The van der Waals surface area contributed by atoms with Crippen molar-refractivity contribution in [3.05, 3.63) is 29.8 Å². The molecule has 0 saturated carbocycles. The van der Waals surface area contributed by atoms with Crippen LogP contribution in [-0.4, -0.2) is 49.0 Å². The Morgan fingerprint density at radius 1 is 1.16 bits per heavy atom. The monoisotopic (exact) mass is 266 g/mol. The molecule has 1 aliphatic rings. The molecule has 1 heterocycles. The molecule has 5 heteroatoms. The number of benzene rings is 1. The molecule has 1 N–H and O–H groups in total. The van der Waals surface area contributed by atoms with Crippen LogP contribution in [0.5, 0.6) is 0 Å². The number of anilines is 1. The summed E-state index contributed by atoms with van der Waals surface area (Å²) < 4.78 is 12.1. The normalized spacial score (nSPS) is 15.6. The first-order valence-electron chi connectivity index (χ1n) is 6.58. The summed E-state index contributed by atoms with van der Waals surface area (Å²) in [6.07, 6.45) is 0.487. The lowest BCUT2D eigenvalue weighted by molar-refractivity contribution is 0.142. The molecule has 0 aromatic heterocycles. The Bertz CT molecular complexity index is 414. The second-order valence-electron chi connectivity index (χ2n) is 4.72. The second kappa shape index (κ2) is 6.41. The summed E-state index contributed by atoms with van der Waals surface area (Å²) in [7, 11) is 0. The van der Waals surface area contributed by atoms with E-state index in [1.54, 1.807) is 0 Å². The lowest BCUT2D eigenvalue weighted by atomic mass is 10.1. The van der Waals surface area contributed by atoms with Gasteiger partial charge in [-0.3, -0.25) is 4.39 Å². The number of carboxylic acid groups (broad SMARTS) is 1. The molecule has 0 unspecified atom stereocenters. The number of amides is 1. The van der Waals surface area contributed by atoms with Gasteiger partial charge in [0.15, 0.2) is 0 Å². The molecule has 0 aliphatic carbocycles. The van der Waals surface area contributed by atoms with Gasteiger partial charge in [0.05, 0.1) is 6.67 Å². The summed E-state index contributed by atoms with van der Waals surface area (Å²) >= 11 is 0. The molecule has 1 aromatic carbocycles. The molecule has 0 spiro atoms. The molecule has 1 saturated heterocycles. The Morgan fingerprint density at radius 2 is 1.79 bits per heavy atom. The zero-order valence-electron chi connectivity index (χ0n) is 10.9. The highest BCUT2D eigenvalue weighted by molar-refractivity contribution is 5.65. The van der Waals surface area contributed by atoms with E-state index in [0.29, 0.717) is 19.5 Å². The summed E-state index contributed by atoms with van der Waals surface area (Å²) in [5, 5.41) is 8.89. The predicted molar refractivity (Wildman–Crippen MR) is 72.5 cm³/mol. The highest BCUT2D eigenvalue weighted by atomic mass is 19.1. The molecule has 19 heavy (non-hydrogen) atoms. The van der Waals surface area contributed by atoms with Crippen molar-refractivity contribution >= 4 is 11.8 Å². The lowest BCUT2D eigenvalue weighted by Gasteiger charge is -2.34. The smallest absolute Gasteiger partial charge is 0.407 e. The minimum Gasteiger partial charge on any atom is -0.465 e. The highest BCUT2D eigenvalue weighted by Gasteiger charge is 2.20. The molecular formula is C14H19FN2O2. The zero-order chi connectivity index (χ0) is 13.7. The van der Waals surface area contributed by atoms with E-state index in [-0.39, 0.29) is 6.67 Å². The van der Waals surface area contributed by atoms with Crippen LogP contribution < -0.4 is 4.90 Å². The number of alkyl halides is 1. The summed E-state index contributed by atoms with van der Waals surface area (Å²) in [4.78, 5) is 14.4. The van der Waals surface area contributed by atoms with E-state index in [1.165, 1.54) is 4.90 Å². The summed E-state index contributed by atoms with van der Waals surface area (Å²) in [6.45, 7) is 2.24. The van der Waals surface area contributed by atoms with E-state index in [9.17, 15) is 9.18 Å². The maximum absolute atomic E-state index is 12.1. The van der Waals surface area contributed by atoms with E-state index >= 15 is 0 Å². The fourth-order valence-corrected chi connectivity index (χ4v) is 2.30. The summed E-state index contributed by atoms with van der Waals surface area (Å²) in [5.74, 6) is 0. The maximum Gasteiger partial charge on any atom is 0.407 e. The number of halogens is 1. The zero-order valence-corrected chi connectivity index (χ0v) is 10.9. The van der Waals surface area contributed by atoms with Crippen LogP contribution in [0.3, 0.4) is 0 Å². The van der Waals surface area contributed by atoms with Crippen LogP contribution in [0.4, 0.5) is 14.9 Å². The Kier molecular flexibility index (Phi) is 4.60. The molecule has 104 valence electrons. The van der Waals surface area contributed by atoms with E-state index in [1.807, 2.05) is 24.3 Å². The van der Waals surface area contributed by atoms with Crippen LogP contribution in [0, 0.1) is 0 Å². The van der Waals surface area contributed by atoms with Gasteiger partial charge in [0.1, 0.15) is 0 Å². The Morgan fingerprint density at radius 3 is 2.32 bits per heavy atom. The number of carbonyl (C=O) groups is 1. The standard InChI is InChI=1S/C14H19FN2O2/c15-7-1-2-12-3-5-13(6-4-12)16-8-10-17(11-9-16)14(18)19/h3-6H,1-2,7-11H2,(H,18,19). The van der Waals surface area contributed by atoms with Gasteiger partial charge in [0.2, 0.25) is 0 Å². The van der Waals surface area contributed by atoms with Gasteiger partial charge in [-0.2, -0.15) is 0 Å². The van der Waals surface area contributed by atoms with Gasteiger partial charge in [0.25, 0.3) is 0 Å². The van der Waals surface area contributed by atoms with Crippen LogP contribution in [0.25, 0.3) is 0 Å². The Labute approximate surface area is 112 Å². The van der Waals surface area contributed by atoms with Crippen LogP contribution in [0.2, 0.25) is 0 Å². The number of piperazine rings is 1. The van der Waals surface area contributed by atoms with Crippen molar-refractivity contribution in [2.75, 3.05) is 37.8 Å². The van der Waals surface area contributed by atoms with Crippen LogP contribution >= 0.6 is 0 Å². The average Bonchev–Trinajstić information content (AvgIpc) is 2.46. The first-order chi connectivity index (χ1) is 9.20.